The van der Waals surface area contributed by atoms with Crippen molar-refractivity contribution < 1.29 is 94.2 Å². The second kappa shape index (κ2) is 26.1. The maximum atomic E-state index is 11.1. The van der Waals surface area contributed by atoms with Crippen molar-refractivity contribution >= 4 is 100 Å². The van der Waals surface area contributed by atoms with Crippen LogP contribution in [0.25, 0.3) is 88.5 Å². The smallest absolute Gasteiger partial charge is 0.867 e. The van der Waals surface area contributed by atoms with Crippen LogP contribution in [0, 0.1) is 40.5 Å². The van der Waals surface area contributed by atoms with Gasteiger partial charge >= 0.3 is 33.6 Å². The molecule has 12 aromatic rings. The van der Waals surface area contributed by atoms with Crippen LogP contribution in [0.15, 0.2) is 158 Å². The Labute approximate surface area is 476 Å². The topological polar surface area (TPSA) is 474 Å². The van der Waals surface area contributed by atoms with Crippen molar-refractivity contribution in [3.05, 3.63) is 210 Å². The molecule has 0 bridgehead atoms. The molecule has 82 heavy (non-hydrogen) atoms. The molecule has 0 aliphatic rings. The standard InChI is InChI=1S/2C19H12N4.2C7H4N2O7.2Co.2H2O/c2*1-2-6-12(7-3-1)19-22-17-13-8-4-10-20-15(13)16-14(18(17)23-19)9-5-11-21-16;2*10-6-4(7(11)12)1-3(8(13)14)2-5(6)9(15)16;;;;/h2*1-11H,(H,22,23);2*1-2,10H,(H,11,12);;;2*1H2/q;;;;2*+2;;/p-2. The van der Waals surface area contributed by atoms with E-state index in [1.165, 1.54) is 0 Å². The molecule has 6 aromatic heterocycles. The number of rotatable bonds is 8. The summed E-state index contributed by atoms with van der Waals surface area (Å²) in [5, 5.41) is 88.6. The predicted octanol–water partition coefficient (Wildman–Crippen LogP) is 4.68. The fraction of sp³-hybridized carbons (Fsp3) is 0. The zero-order valence-electron chi connectivity index (χ0n) is 41.0. The Morgan fingerprint density at radius 2 is 0.707 bits per heavy atom. The van der Waals surface area contributed by atoms with Crippen molar-refractivity contribution in [2.24, 2.45) is 0 Å². The molecule has 0 amide bonds. The first kappa shape index (κ1) is 61.8. The molecule has 30 heteroatoms. The Bertz CT molecular complexity index is 3930. The molecule has 0 saturated heterocycles. The molecule has 414 valence electrons. The Morgan fingerprint density at radius 1 is 0.402 bits per heavy atom. The van der Waals surface area contributed by atoms with E-state index < -0.39 is 77.0 Å². The number of carbonyl (C=O) groups excluding carboxylic acids is 2. The van der Waals surface area contributed by atoms with Gasteiger partial charge in [-0.05, 0) is 60.0 Å². The second-order valence-corrected chi connectivity index (χ2v) is 16.2. The van der Waals surface area contributed by atoms with E-state index in [-0.39, 0.29) is 44.5 Å². The number of imidazole rings is 2. The first-order chi connectivity index (χ1) is 37.5. The third-order valence-corrected chi connectivity index (χ3v) is 11.6. The number of carboxylic acid groups (broad SMARTS) is 2. The molecular formula is C52H34Co2N12O16+2. The largest absolute Gasteiger partial charge is 2.00 e. The number of nitro groups is 4. The minimum absolute atomic E-state index is 0. The SMILES string of the molecule is O=C([O-])c1cc([N+](=O)[O-])cc([N+](=O)[O-])c1[O-].O=C([O-])c1cc([N+](=O)[O-])cc([N+](=O)[O-])c1[O-].[Co+2].[Co+2].[OH3+].[OH3+].c1ccc(-c2nc3c4cccnc4c4ncccc4c3[nH]2)cc1.c1ccc(-c2nc3c4cccnc4c4ncccc4c3[nH]2)cc1. The van der Waals surface area contributed by atoms with E-state index in [1.807, 2.05) is 60.7 Å². The summed E-state index contributed by atoms with van der Waals surface area (Å²) < 4.78 is 0. The van der Waals surface area contributed by atoms with Crippen LogP contribution in [-0.4, -0.2) is 71.5 Å². The van der Waals surface area contributed by atoms with Gasteiger partial charge in [0.05, 0.1) is 87.9 Å². The summed E-state index contributed by atoms with van der Waals surface area (Å²) in [6, 6.07) is 37.9. The normalized spacial score (nSPS) is 10.2. The van der Waals surface area contributed by atoms with Gasteiger partial charge in [0.15, 0.2) is 0 Å². The van der Waals surface area contributed by atoms with E-state index in [1.54, 1.807) is 24.8 Å². The fourth-order valence-electron chi connectivity index (χ4n) is 8.14. The van der Waals surface area contributed by atoms with Crippen LogP contribution in [0.5, 0.6) is 11.5 Å². The van der Waals surface area contributed by atoms with Gasteiger partial charge in [-0.25, -0.2) is 9.97 Å². The number of non-ortho nitro benzene ring substituents is 2. The van der Waals surface area contributed by atoms with Crippen LogP contribution < -0.4 is 20.4 Å². The number of carbonyl (C=O) groups is 2. The first-order valence-corrected chi connectivity index (χ1v) is 22.4. The average Bonchev–Trinajstić information content (AvgIpc) is 2.94. The molecular weight excluding hydrogens is 1170 g/mol. The molecule has 0 atom stereocenters. The number of carboxylic acids is 2. The molecule has 28 nitrogen and oxygen atoms in total. The van der Waals surface area contributed by atoms with Gasteiger partial charge in [0.25, 0.3) is 22.7 Å². The van der Waals surface area contributed by atoms with Crippen molar-refractivity contribution in [3.8, 4) is 34.3 Å². The van der Waals surface area contributed by atoms with E-state index in [0.29, 0.717) is 24.3 Å². The number of aromatic nitrogens is 8. The third kappa shape index (κ3) is 12.3. The van der Waals surface area contributed by atoms with Crippen LogP contribution in [0.1, 0.15) is 20.7 Å². The summed E-state index contributed by atoms with van der Waals surface area (Å²) >= 11 is 0. The van der Waals surface area contributed by atoms with Crippen LogP contribution in [0.2, 0.25) is 0 Å². The second-order valence-electron chi connectivity index (χ2n) is 16.2. The van der Waals surface area contributed by atoms with Gasteiger partial charge in [0.1, 0.15) is 11.6 Å². The quantitative estimate of drug-likeness (QED) is 0.0902. The maximum absolute atomic E-state index is 11.1. The third-order valence-electron chi connectivity index (χ3n) is 11.6. The summed E-state index contributed by atoms with van der Waals surface area (Å²) in [7, 11) is 0. The summed E-state index contributed by atoms with van der Waals surface area (Å²) in [4.78, 5) is 92.4. The van der Waals surface area contributed by atoms with Crippen molar-refractivity contribution in [1.29, 1.82) is 0 Å². The minimum atomic E-state index is -2.00. The van der Waals surface area contributed by atoms with E-state index in [2.05, 4.69) is 78.4 Å². The van der Waals surface area contributed by atoms with Gasteiger partial charge in [0, 0.05) is 80.7 Å². The monoisotopic (exact) mass is 1200 g/mol. The number of pyridine rings is 4. The van der Waals surface area contributed by atoms with E-state index in [0.717, 1.165) is 88.5 Å². The number of hydrogen-bond acceptors (Lipinski definition) is 20. The van der Waals surface area contributed by atoms with Crippen molar-refractivity contribution in [1.82, 2.24) is 39.9 Å². The van der Waals surface area contributed by atoms with Gasteiger partial charge in [0.2, 0.25) is 0 Å². The molecule has 2 radical (unpaired) electrons. The first-order valence-electron chi connectivity index (χ1n) is 22.4. The van der Waals surface area contributed by atoms with Gasteiger partial charge in [-0.15, -0.1) is 0 Å². The minimum Gasteiger partial charge on any atom is -0.867 e. The summed E-state index contributed by atoms with van der Waals surface area (Å²) in [5.74, 6) is -5.12. The predicted molar refractivity (Wildman–Crippen MR) is 281 cm³/mol. The summed E-state index contributed by atoms with van der Waals surface area (Å²) in [6.45, 7) is 0. The Hall–Kier alpha value is -11.0. The number of hydrogen-bond donors (Lipinski definition) is 2. The number of nitro benzene ring substituents is 4. The number of aromatic carboxylic acids is 2. The summed E-state index contributed by atoms with van der Waals surface area (Å²) in [6.07, 6.45) is 7.20. The molecule has 0 saturated carbocycles. The molecule has 6 aromatic carbocycles. The van der Waals surface area contributed by atoms with Gasteiger partial charge in [-0.1, -0.05) is 60.7 Å². The van der Waals surface area contributed by atoms with E-state index in [4.69, 9.17) is 9.97 Å². The van der Waals surface area contributed by atoms with Crippen molar-refractivity contribution in [2.75, 3.05) is 0 Å². The molecule has 8 N–H and O–H groups in total. The zero-order valence-corrected chi connectivity index (χ0v) is 43.1. The van der Waals surface area contributed by atoms with Crippen molar-refractivity contribution in [2.45, 2.75) is 0 Å². The number of nitrogens with zero attached hydrogens (tertiary/aromatic N) is 10. The molecule has 12 rings (SSSR count). The number of aromatic amines is 2. The van der Waals surface area contributed by atoms with Crippen LogP contribution >= 0.6 is 0 Å². The van der Waals surface area contributed by atoms with Gasteiger partial charge in [-0.2, -0.15) is 0 Å². The van der Waals surface area contributed by atoms with Crippen molar-refractivity contribution in [3.63, 3.8) is 0 Å². The Morgan fingerprint density at radius 3 is 1.00 bits per heavy atom. The molecule has 0 spiro atoms. The number of nitrogens with one attached hydrogen (secondary N) is 2. The Balaban J connectivity index is 0.000000201. The van der Waals surface area contributed by atoms with Crippen LogP contribution in [0.3, 0.4) is 0 Å². The number of fused-ring (bicyclic) bond motifs is 12. The molecule has 0 unspecified atom stereocenters. The number of H-pyrrole nitrogens is 2. The van der Waals surface area contributed by atoms with Crippen LogP contribution in [-0.2, 0) is 44.5 Å². The number of benzene rings is 6. The molecule has 0 aliphatic carbocycles. The van der Waals surface area contributed by atoms with Gasteiger partial charge < -0.3 is 50.9 Å². The van der Waals surface area contributed by atoms with E-state index >= 15 is 0 Å². The summed E-state index contributed by atoms with van der Waals surface area (Å²) in [5.41, 5.74) is 3.33. The zero-order chi connectivity index (χ0) is 55.4. The molecule has 0 fully saturated rings. The maximum Gasteiger partial charge on any atom is 2.00 e. The Kier molecular flexibility index (Phi) is 19.7. The van der Waals surface area contributed by atoms with Crippen LogP contribution in [0.4, 0.5) is 22.7 Å². The van der Waals surface area contributed by atoms with E-state index in [9.17, 15) is 70.5 Å². The van der Waals surface area contributed by atoms with Gasteiger partial charge in [-0.3, -0.25) is 60.4 Å². The molecule has 6 heterocycles. The molecule has 0 aliphatic heterocycles. The fourth-order valence-corrected chi connectivity index (χ4v) is 8.14. The average molecular weight is 1200 g/mol.